The Balaban J connectivity index is 1.59. The van der Waals surface area contributed by atoms with Crippen LogP contribution in [0.1, 0.15) is 37.4 Å². The van der Waals surface area contributed by atoms with E-state index in [1.165, 1.54) is 0 Å². The van der Waals surface area contributed by atoms with E-state index in [4.69, 9.17) is 15.2 Å². The van der Waals surface area contributed by atoms with Crippen LogP contribution < -0.4 is 20.5 Å². The average molecular weight is 418 g/mol. The topological polar surface area (TPSA) is 90.7 Å². The fourth-order valence-corrected chi connectivity index (χ4v) is 3.28. The van der Waals surface area contributed by atoms with E-state index in [0.29, 0.717) is 29.8 Å². The van der Waals surface area contributed by atoms with Crippen LogP contribution in [-0.4, -0.2) is 25.5 Å². The van der Waals surface area contributed by atoms with Crippen molar-refractivity contribution in [1.82, 2.24) is 5.32 Å². The maximum atomic E-state index is 12.6. The second kappa shape index (κ2) is 10.3. The monoisotopic (exact) mass is 418 g/mol. The number of rotatable bonds is 9. The predicted molar refractivity (Wildman–Crippen MR) is 120 cm³/mol. The molecule has 0 fully saturated rings. The highest BCUT2D eigenvalue weighted by atomic mass is 16.5. The van der Waals surface area contributed by atoms with Gasteiger partial charge >= 0.3 is 0 Å². The lowest BCUT2D eigenvalue weighted by molar-refractivity contribution is 0.0952. The summed E-state index contributed by atoms with van der Waals surface area (Å²) < 4.78 is 11.1. The third-order valence-corrected chi connectivity index (χ3v) is 4.85. The summed E-state index contributed by atoms with van der Waals surface area (Å²) in [5.74, 6) is 0.521. The van der Waals surface area contributed by atoms with E-state index in [-0.39, 0.29) is 12.5 Å². The third kappa shape index (κ3) is 5.85. The number of methoxy groups -OCH3 is 1. The molecule has 0 aliphatic carbocycles. The fourth-order valence-electron chi connectivity index (χ4n) is 3.28. The van der Waals surface area contributed by atoms with Crippen LogP contribution >= 0.6 is 0 Å². The summed E-state index contributed by atoms with van der Waals surface area (Å²) in [5, 5.41) is 2.95. The number of para-hydroxylation sites is 1. The van der Waals surface area contributed by atoms with Crippen molar-refractivity contribution in [3.63, 3.8) is 0 Å². The zero-order valence-electron chi connectivity index (χ0n) is 17.7. The van der Waals surface area contributed by atoms with Crippen molar-refractivity contribution < 1.29 is 19.1 Å². The summed E-state index contributed by atoms with van der Waals surface area (Å²) in [6.45, 7) is 2.73. The highest BCUT2D eigenvalue weighted by Crippen LogP contribution is 2.20. The van der Waals surface area contributed by atoms with Gasteiger partial charge in [-0.05, 0) is 54.8 Å². The molecular weight excluding hydrogens is 392 g/mol. The molecule has 0 atom stereocenters. The maximum absolute atomic E-state index is 12.6. The summed E-state index contributed by atoms with van der Waals surface area (Å²) in [6, 6.07) is 20.0. The van der Waals surface area contributed by atoms with Gasteiger partial charge in [-0.2, -0.15) is 0 Å². The summed E-state index contributed by atoms with van der Waals surface area (Å²) >= 11 is 0. The van der Waals surface area contributed by atoms with Gasteiger partial charge in [-0.3, -0.25) is 9.59 Å². The van der Waals surface area contributed by atoms with E-state index in [9.17, 15) is 9.59 Å². The minimum absolute atomic E-state index is 0.161. The van der Waals surface area contributed by atoms with Crippen molar-refractivity contribution in [2.75, 3.05) is 13.7 Å². The van der Waals surface area contributed by atoms with Gasteiger partial charge in [-0.25, -0.2) is 0 Å². The lowest BCUT2D eigenvalue weighted by atomic mass is 10.1. The molecule has 0 saturated carbocycles. The number of hydrogen-bond donors (Lipinski definition) is 2. The van der Waals surface area contributed by atoms with Crippen molar-refractivity contribution in [2.45, 2.75) is 20.0 Å². The number of amides is 2. The summed E-state index contributed by atoms with van der Waals surface area (Å²) in [4.78, 5) is 24.1. The second-order valence-corrected chi connectivity index (χ2v) is 7.17. The zero-order chi connectivity index (χ0) is 22.2. The van der Waals surface area contributed by atoms with Gasteiger partial charge in [0.05, 0.1) is 12.7 Å². The molecule has 3 rings (SSSR count). The standard InChI is InChI=1S/C25H26N2O4/c1-17-10-11-22(30-2)19(14-17)12-13-27-25(29)20-7-5-6-18(15-20)16-31-23-9-4-3-8-21(23)24(26)28/h3-11,14-15H,12-13,16H2,1-2H3,(H2,26,28)(H,27,29). The number of nitrogens with two attached hydrogens (primary N) is 1. The lowest BCUT2D eigenvalue weighted by Crippen LogP contribution is -2.26. The largest absolute Gasteiger partial charge is 0.496 e. The summed E-state index contributed by atoms with van der Waals surface area (Å²) in [5.41, 5.74) is 9.26. The molecule has 6 heteroatoms. The van der Waals surface area contributed by atoms with E-state index in [1.807, 2.05) is 25.1 Å². The molecule has 2 amide bonds. The molecule has 0 bridgehead atoms. The fraction of sp³-hybridized carbons (Fsp3) is 0.200. The molecule has 6 nitrogen and oxygen atoms in total. The molecule has 3 aromatic rings. The number of primary amides is 1. The van der Waals surface area contributed by atoms with E-state index >= 15 is 0 Å². The average Bonchev–Trinajstić information content (AvgIpc) is 2.78. The first kappa shape index (κ1) is 21.9. The minimum atomic E-state index is -0.547. The van der Waals surface area contributed by atoms with Gasteiger partial charge in [0.2, 0.25) is 0 Å². The van der Waals surface area contributed by atoms with Crippen molar-refractivity contribution in [2.24, 2.45) is 5.73 Å². The SMILES string of the molecule is COc1ccc(C)cc1CCNC(=O)c1cccc(COc2ccccc2C(N)=O)c1. The van der Waals surface area contributed by atoms with Gasteiger partial charge in [0.1, 0.15) is 18.1 Å². The number of hydrogen-bond acceptors (Lipinski definition) is 4. The van der Waals surface area contributed by atoms with E-state index in [0.717, 1.165) is 22.4 Å². The molecular formula is C25H26N2O4. The Morgan fingerprint density at radius 1 is 0.968 bits per heavy atom. The van der Waals surface area contributed by atoms with E-state index in [2.05, 4.69) is 11.4 Å². The van der Waals surface area contributed by atoms with Crippen LogP contribution in [0.4, 0.5) is 0 Å². The molecule has 0 aliphatic heterocycles. The predicted octanol–water partition coefficient (Wildman–Crippen LogP) is 3.65. The Kier molecular flexibility index (Phi) is 7.27. The van der Waals surface area contributed by atoms with Gasteiger partial charge in [0, 0.05) is 12.1 Å². The van der Waals surface area contributed by atoms with Crippen LogP contribution in [0, 0.1) is 6.92 Å². The Morgan fingerprint density at radius 3 is 2.55 bits per heavy atom. The van der Waals surface area contributed by atoms with Crippen molar-refractivity contribution in [1.29, 1.82) is 0 Å². The van der Waals surface area contributed by atoms with Crippen LogP contribution in [0.15, 0.2) is 66.7 Å². The van der Waals surface area contributed by atoms with Gasteiger partial charge in [-0.1, -0.05) is 42.0 Å². The van der Waals surface area contributed by atoms with Crippen LogP contribution in [0.3, 0.4) is 0 Å². The first-order valence-electron chi connectivity index (χ1n) is 10.00. The molecule has 160 valence electrons. The summed E-state index contributed by atoms with van der Waals surface area (Å²) in [6.07, 6.45) is 0.670. The van der Waals surface area contributed by atoms with Crippen molar-refractivity contribution in [3.8, 4) is 11.5 Å². The zero-order valence-corrected chi connectivity index (χ0v) is 17.7. The van der Waals surface area contributed by atoms with Gasteiger partial charge < -0.3 is 20.5 Å². The minimum Gasteiger partial charge on any atom is -0.496 e. The molecule has 31 heavy (non-hydrogen) atoms. The van der Waals surface area contributed by atoms with Crippen LogP contribution in [0.5, 0.6) is 11.5 Å². The van der Waals surface area contributed by atoms with Gasteiger partial charge in [-0.15, -0.1) is 0 Å². The van der Waals surface area contributed by atoms with Crippen LogP contribution in [0.2, 0.25) is 0 Å². The molecule has 0 unspecified atom stereocenters. The molecule has 0 aromatic heterocycles. The molecule has 0 radical (unpaired) electrons. The van der Waals surface area contributed by atoms with Gasteiger partial charge in [0.15, 0.2) is 0 Å². The number of nitrogens with one attached hydrogen (secondary N) is 1. The number of carbonyl (C=O) groups is 2. The Labute approximate surface area is 182 Å². The molecule has 3 N–H and O–H groups in total. The first-order valence-corrected chi connectivity index (χ1v) is 10.00. The maximum Gasteiger partial charge on any atom is 0.252 e. The van der Waals surface area contributed by atoms with Crippen molar-refractivity contribution in [3.05, 3.63) is 94.5 Å². The normalized spacial score (nSPS) is 10.4. The number of benzene rings is 3. The van der Waals surface area contributed by atoms with E-state index < -0.39 is 5.91 Å². The highest BCUT2D eigenvalue weighted by Gasteiger charge is 2.10. The molecule has 0 spiro atoms. The Morgan fingerprint density at radius 2 is 1.77 bits per heavy atom. The summed E-state index contributed by atoms with van der Waals surface area (Å²) in [7, 11) is 1.64. The van der Waals surface area contributed by atoms with Gasteiger partial charge in [0.25, 0.3) is 11.8 Å². The highest BCUT2D eigenvalue weighted by molar-refractivity contribution is 5.95. The Bertz CT molecular complexity index is 1080. The Hall–Kier alpha value is -3.80. The van der Waals surface area contributed by atoms with Crippen LogP contribution in [-0.2, 0) is 13.0 Å². The second-order valence-electron chi connectivity index (χ2n) is 7.17. The first-order chi connectivity index (χ1) is 15.0. The number of ether oxygens (including phenoxy) is 2. The number of aryl methyl sites for hydroxylation is 1. The number of carbonyl (C=O) groups excluding carboxylic acids is 2. The smallest absolute Gasteiger partial charge is 0.252 e. The molecule has 3 aromatic carbocycles. The van der Waals surface area contributed by atoms with E-state index in [1.54, 1.807) is 49.6 Å². The lowest BCUT2D eigenvalue weighted by Gasteiger charge is -2.12. The third-order valence-electron chi connectivity index (χ3n) is 4.85. The van der Waals surface area contributed by atoms with Crippen LogP contribution in [0.25, 0.3) is 0 Å². The molecule has 0 saturated heterocycles. The quantitative estimate of drug-likeness (QED) is 0.555. The van der Waals surface area contributed by atoms with Crippen molar-refractivity contribution >= 4 is 11.8 Å². The molecule has 0 heterocycles. The molecule has 0 aliphatic rings.